The van der Waals surface area contributed by atoms with E-state index in [1.807, 2.05) is 0 Å². The first-order valence-electron chi connectivity index (χ1n) is 7.06. The lowest BCUT2D eigenvalue weighted by molar-refractivity contribution is 0.0630. The second kappa shape index (κ2) is 5.92. The van der Waals surface area contributed by atoms with Crippen molar-refractivity contribution >= 4 is 17.7 Å². The summed E-state index contributed by atoms with van der Waals surface area (Å²) in [6.45, 7) is 0.176. The number of benzene rings is 2. The van der Waals surface area contributed by atoms with Crippen LogP contribution in [0, 0.1) is 0 Å². The number of imide groups is 1. The summed E-state index contributed by atoms with van der Waals surface area (Å²) in [5, 5.41) is 0. The van der Waals surface area contributed by atoms with Gasteiger partial charge in [-0.15, -0.1) is 0 Å². The number of para-hydroxylation sites is 1. The molecule has 1 aliphatic heterocycles. The van der Waals surface area contributed by atoms with Crippen molar-refractivity contribution in [3.63, 3.8) is 0 Å². The Morgan fingerprint density at radius 1 is 0.957 bits per heavy atom. The summed E-state index contributed by atoms with van der Waals surface area (Å²) in [6, 6.07) is 13.2. The van der Waals surface area contributed by atoms with Gasteiger partial charge < -0.3 is 10.5 Å². The molecule has 6 heteroatoms. The minimum atomic E-state index is -0.596. The Labute approximate surface area is 132 Å². The van der Waals surface area contributed by atoms with Gasteiger partial charge >= 0.3 is 0 Å². The largest absolute Gasteiger partial charge is 0.491 e. The van der Waals surface area contributed by atoms with Gasteiger partial charge in [0.2, 0.25) is 0 Å². The smallest absolute Gasteiger partial charge is 0.261 e. The highest BCUT2D eigenvalue weighted by Crippen LogP contribution is 2.22. The lowest BCUT2D eigenvalue weighted by atomic mass is 10.1. The maximum Gasteiger partial charge on any atom is 0.261 e. The summed E-state index contributed by atoms with van der Waals surface area (Å²) in [5.74, 6) is -0.937. The molecule has 0 atom stereocenters. The molecule has 3 amide bonds. The molecule has 0 fully saturated rings. The van der Waals surface area contributed by atoms with Crippen LogP contribution in [-0.2, 0) is 0 Å². The van der Waals surface area contributed by atoms with Gasteiger partial charge in [0.05, 0.1) is 23.2 Å². The van der Waals surface area contributed by atoms with Crippen molar-refractivity contribution in [1.82, 2.24) is 4.90 Å². The molecule has 116 valence electrons. The van der Waals surface area contributed by atoms with Gasteiger partial charge in [-0.1, -0.05) is 24.3 Å². The fourth-order valence-corrected chi connectivity index (χ4v) is 2.49. The molecular formula is C17H14N2O4. The first-order valence-corrected chi connectivity index (χ1v) is 7.06. The third-order valence-corrected chi connectivity index (χ3v) is 3.60. The van der Waals surface area contributed by atoms with Crippen LogP contribution in [0.1, 0.15) is 31.1 Å². The number of nitrogens with zero attached hydrogens (tertiary/aromatic N) is 1. The Bertz CT molecular complexity index is 766. The minimum absolute atomic E-state index is 0.0791. The molecule has 2 aromatic carbocycles. The Balaban J connectivity index is 1.68. The number of rotatable bonds is 5. The standard InChI is InChI=1S/C17H14N2O4/c18-15(20)13-7-3-4-8-14(13)23-10-9-19-16(21)11-5-1-2-6-12(11)17(19)22/h1-8H,9-10H2,(H2,18,20). The van der Waals surface area contributed by atoms with Crippen molar-refractivity contribution in [1.29, 1.82) is 0 Å². The summed E-state index contributed by atoms with van der Waals surface area (Å²) >= 11 is 0. The van der Waals surface area contributed by atoms with Crippen LogP contribution in [0.25, 0.3) is 0 Å². The van der Waals surface area contributed by atoms with Gasteiger partial charge in [0.25, 0.3) is 17.7 Å². The SMILES string of the molecule is NC(=O)c1ccccc1OCCN1C(=O)c2ccccc2C1=O. The first-order chi connectivity index (χ1) is 11.1. The number of amides is 3. The molecule has 2 N–H and O–H groups in total. The zero-order valence-electron chi connectivity index (χ0n) is 12.2. The summed E-state index contributed by atoms with van der Waals surface area (Å²) in [7, 11) is 0. The van der Waals surface area contributed by atoms with E-state index in [4.69, 9.17) is 10.5 Å². The van der Waals surface area contributed by atoms with Gasteiger partial charge in [0.1, 0.15) is 12.4 Å². The van der Waals surface area contributed by atoms with Crippen molar-refractivity contribution < 1.29 is 19.1 Å². The molecule has 0 bridgehead atoms. The second-order valence-corrected chi connectivity index (χ2v) is 5.02. The number of hydrogen-bond acceptors (Lipinski definition) is 4. The number of nitrogens with two attached hydrogens (primary N) is 1. The Kier molecular flexibility index (Phi) is 3.80. The monoisotopic (exact) mass is 310 g/mol. The van der Waals surface area contributed by atoms with E-state index in [1.165, 1.54) is 0 Å². The molecule has 0 saturated heterocycles. The number of primary amides is 1. The number of hydrogen-bond donors (Lipinski definition) is 1. The molecule has 23 heavy (non-hydrogen) atoms. The summed E-state index contributed by atoms with van der Waals surface area (Å²) < 4.78 is 5.51. The van der Waals surface area contributed by atoms with Crippen LogP contribution in [-0.4, -0.2) is 35.8 Å². The minimum Gasteiger partial charge on any atom is -0.491 e. The van der Waals surface area contributed by atoms with Crippen LogP contribution in [0.4, 0.5) is 0 Å². The first kappa shape index (κ1) is 14.8. The quantitative estimate of drug-likeness (QED) is 0.847. The Morgan fingerprint density at radius 3 is 2.13 bits per heavy atom. The summed E-state index contributed by atoms with van der Waals surface area (Å²) in [6.07, 6.45) is 0. The molecular weight excluding hydrogens is 296 g/mol. The average molecular weight is 310 g/mol. The van der Waals surface area contributed by atoms with Crippen molar-refractivity contribution in [3.05, 3.63) is 65.2 Å². The zero-order chi connectivity index (χ0) is 16.4. The topological polar surface area (TPSA) is 89.7 Å². The number of carbonyl (C=O) groups excluding carboxylic acids is 3. The Hall–Kier alpha value is -3.15. The van der Waals surface area contributed by atoms with Gasteiger partial charge in [-0.05, 0) is 24.3 Å². The van der Waals surface area contributed by atoms with Crippen molar-refractivity contribution in [2.75, 3.05) is 13.2 Å². The average Bonchev–Trinajstić information content (AvgIpc) is 2.80. The lowest BCUT2D eigenvalue weighted by Gasteiger charge is -2.15. The van der Waals surface area contributed by atoms with E-state index in [2.05, 4.69) is 0 Å². The number of ether oxygens (including phenoxy) is 1. The van der Waals surface area contributed by atoms with Crippen molar-refractivity contribution in [2.24, 2.45) is 5.73 Å². The van der Waals surface area contributed by atoms with Crippen LogP contribution in [0.5, 0.6) is 5.75 Å². The van der Waals surface area contributed by atoms with Crippen LogP contribution in [0.15, 0.2) is 48.5 Å². The van der Waals surface area contributed by atoms with Gasteiger partial charge in [0, 0.05) is 0 Å². The summed E-state index contributed by atoms with van der Waals surface area (Å²) in [4.78, 5) is 36.9. The normalized spacial score (nSPS) is 13.1. The van der Waals surface area contributed by atoms with Crippen LogP contribution in [0.3, 0.4) is 0 Å². The number of carbonyl (C=O) groups is 3. The molecule has 0 aliphatic carbocycles. The third-order valence-electron chi connectivity index (χ3n) is 3.60. The molecule has 1 aliphatic rings. The van der Waals surface area contributed by atoms with Crippen molar-refractivity contribution in [3.8, 4) is 5.75 Å². The van der Waals surface area contributed by atoms with Gasteiger partial charge in [-0.25, -0.2) is 0 Å². The highest BCUT2D eigenvalue weighted by Gasteiger charge is 2.34. The van der Waals surface area contributed by atoms with E-state index in [0.29, 0.717) is 16.9 Å². The van der Waals surface area contributed by atoms with E-state index in [-0.39, 0.29) is 30.5 Å². The second-order valence-electron chi connectivity index (χ2n) is 5.02. The molecule has 0 spiro atoms. The molecule has 6 nitrogen and oxygen atoms in total. The van der Waals surface area contributed by atoms with Crippen LogP contribution in [0.2, 0.25) is 0 Å². The van der Waals surface area contributed by atoms with Crippen LogP contribution >= 0.6 is 0 Å². The number of fused-ring (bicyclic) bond motifs is 1. The molecule has 2 aromatic rings. The Morgan fingerprint density at radius 2 is 1.52 bits per heavy atom. The van der Waals surface area contributed by atoms with Gasteiger partial charge in [0.15, 0.2) is 0 Å². The predicted octanol–water partition coefficient (Wildman–Crippen LogP) is 1.46. The molecule has 0 saturated carbocycles. The van der Waals surface area contributed by atoms with Gasteiger partial charge in [-0.3, -0.25) is 19.3 Å². The highest BCUT2D eigenvalue weighted by atomic mass is 16.5. The van der Waals surface area contributed by atoms with E-state index in [0.717, 1.165) is 4.90 Å². The van der Waals surface area contributed by atoms with E-state index >= 15 is 0 Å². The maximum atomic E-state index is 12.2. The zero-order valence-corrected chi connectivity index (χ0v) is 12.2. The molecule has 0 aromatic heterocycles. The fourth-order valence-electron chi connectivity index (χ4n) is 2.49. The highest BCUT2D eigenvalue weighted by molar-refractivity contribution is 6.21. The van der Waals surface area contributed by atoms with Crippen LogP contribution < -0.4 is 10.5 Å². The predicted molar refractivity (Wildman–Crippen MR) is 82.3 cm³/mol. The summed E-state index contributed by atoms with van der Waals surface area (Å²) in [5.41, 5.74) is 6.33. The molecule has 0 radical (unpaired) electrons. The molecule has 0 unspecified atom stereocenters. The van der Waals surface area contributed by atoms with Crippen molar-refractivity contribution in [2.45, 2.75) is 0 Å². The lowest BCUT2D eigenvalue weighted by Crippen LogP contribution is -2.33. The maximum absolute atomic E-state index is 12.2. The van der Waals surface area contributed by atoms with E-state index in [1.54, 1.807) is 48.5 Å². The van der Waals surface area contributed by atoms with E-state index < -0.39 is 5.91 Å². The molecule has 1 heterocycles. The van der Waals surface area contributed by atoms with Gasteiger partial charge in [-0.2, -0.15) is 0 Å². The molecule has 3 rings (SSSR count). The third kappa shape index (κ3) is 2.66. The fraction of sp³-hybridized carbons (Fsp3) is 0.118. The van der Waals surface area contributed by atoms with E-state index in [9.17, 15) is 14.4 Å².